The van der Waals surface area contributed by atoms with Gasteiger partial charge in [-0.1, -0.05) is 12.1 Å². The van der Waals surface area contributed by atoms with E-state index in [1.165, 1.54) is 0 Å². The van der Waals surface area contributed by atoms with E-state index in [9.17, 15) is 20.1 Å². The number of nitrogens with one attached hydrogen (secondary N) is 1. The van der Waals surface area contributed by atoms with Gasteiger partial charge in [-0.05, 0) is 24.1 Å². The molecule has 120 valence electrons. The largest absolute Gasteiger partial charge is 0.508 e. The molecule has 0 aliphatic rings. The molecule has 0 aromatic heterocycles. The van der Waals surface area contributed by atoms with Gasteiger partial charge >= 0.3 is 0 Å². The van der Waals surface area contributed by atoms with Gasteiger partial charge in [-0.15, -0.1) is 0 Å². The summed E-state index contributed by atoms with van der Waals surface area (Å²) in [5.41, 5.74) is 3.16. The number of carbonyl (C=O) groups is 1. The van der Waals surface area contributed by atoms with Crippen LogP contribution in [0, 0.1) is 0 Å². The zero-order valence-electron chi connectivity index (χ0n) is 12.1. The molecular weight excluding hydrogens is 300 g/mol. The number of hydrogen-bond donors (Lipinski definition) is 5. The lowest BCUT2D eigenvalue weighted by molar-refractivity contribution is -0.121. The Kier molecular flexibility index (Phi) is 5.03. The van der Waals surface area contributed by atoms with Crippen molar-refractivity contribution in [2.24, 2.45) is 5.10 Å². The third-order valence-corrected chi connectivity index (χ3v) is 3.08. The molecular formula is C16H16N2O5. The topological polar surface area (TPSA) is 122 Å². The summed E-state index contributed by atoms with van der Waals surface area (Å²) in [6.07, 6.45) is 1.76. The van der Waals surface area contributed by atoms with Gasteiger partial charge in [0.15, 0.2) is 0 Å². The Bertz CT molecular complexity index is 703. The number of phenolic OH excluding ortho intramolecular Hbond substituents is 4. The van der Waals surface area contributed by atoms with E-state index in [4.69, 9.17) is 5.11 Å². The summed E-state index contributed by atoms with van der Waals surface area (Å²) in [4.78, 5) is 11.7. The molecule has 7 nitrogen and oxygen atoms in total. The minimum atomic E-state index is -0.357. The highest BCUT2D eigenvalue weighted by Crippen LogP contribution is 2.30. The fourth-order valence-corrected chi connectivity index (χ4v) is 1.89. The van der Waals surface area contributed by atoms with Gasteiger partial charge < -0.3 is 20.4 Å². The Labute approximate surface area is 132 Å². The van der Waals surface area contributed by atoms with Crippen molar-refractivity contribution < 1.29 is 25.2 Å². The molecule has 0 atom stereocenters. The van der Waals surface area contributed by atoms with Crippen LogP contribution >= 0.6 is 0 Å². The van der Waals surface area contributed by atoms with Crippen LogP contribution in [0.1, 0.15) is 17.5 Å². The first kappa shape index (κ1) is 16.2. The highest BCUT2D eigenvalue weighted by molar-refractivity contribution is 5.88. The summed E-state index contributed by atoms with van der Waals surface area (Å²) in [7, 11) is 0. The fraction of sp³-hybridized carbons (Fsp3) is 0.125. The number of nitrogens with zero attached hydrogens (tertiary/aromatic N) is 1. The summed E-state index contributed by atoms with van der Waals surface area (Å²) >= 11 is 0. The molecule has 0 saturated carbocycles. The van der Waals surface area contributed by atoms with Crippen LogP contribution < -0.4 is 5.43 Å². The molecule has 23 heavy (non-hydrogen) atoms. The van der Waals surface area contributed by atoms with E-state index < -0.39 is 0 Å². The molecule has 0 unspecified atom stereocenters. The minimum absolute atomic E-state index is 0.0124. The fourth-order valence-electron chi connectivity index (χ4n) is 1.89. The van der Waals surface area contributed by atoms with Crippen molar-refractivity contribution in [3.05, 3.63) is 47.5 Å². The molecule has 0 fully saturated rings. The van der Waals surface area contributed by atoms with E-state index in [2.05, 4.69) is 10.5 Å². The van der Waals surface area contributed by atoms with Gasteiger partial charge in [-0.3, -0.25) is 4.79 Å². The van der Waals surface area contributed by atoms with Crippen LogP contribution in [-0.2, 0) is 11.2 Å². The zero-order valence-corrected chi connectivity index (χ0v) is 12.1. The van der Waals surface area contributed by atoms with Crippen molar-refractivity contribution in [1.29, 1.82) is 0 Å². The van der Waals surface area contributed by atoms with Crippen molar-refractivity contribution in [2.75, 3.05) is 0 Å². The minimum Gasteiger partial charge on any atom is -0.508 e. The first-order chi connectivity index (χ1) is 11.0. The molecule has 0 saturated heterocycles. The molecule has 0 bridgehead atoms. The summed E-state index contributed by atoms with van der Waals surface area (Å²) in [5.74, 6) is -1.17. The molecule has 0 aliphatic carbocycles. The second-order valence-electron chi connectivity index (χ2n) is 4.86. The Hall–Kier alpha value is -3.22. The van der Waals surface area contributed by atoms with E-state index in [1.54, 1.807) is 24.3 Å². The number of amides is 1. The van der Waals surface area contributed by atoms with Gasteiger partial charge in [0.2, 0.25) is 5.91 Å². The average Bonchev–Trinajstić information content (AvgIpc) is 2.49. The van der Waals surface area contributed by atoms with E-state index in [-0.39, 0.29) is 40.9 Å². The van der Waals surface area contributed by atoms with E-state index >= 15 is 0 Å². The van der Waals surface area contributed by atoms with Crippen LogP contribution in [0.2, 0.25) is 0 Å². The number of hydrazone groups is 1. The summed E-state index contributed by atoms with van der Waals surface area (Å²) < 4.78 is 0. The second kappa shape index (κ2) is 7.17. The number of carbonyl (C=O) groups excluding carboxylic acids is 1. The monoisotopic (exact) mass is 316 g/mol. The van der Waals surface area contributed by atoms with Crippen LogP contribution in [0.15, 0.2) is 41.5 Å². The summed E-state index contributed by atoms with van der Waals surface area (Å²) in [6, 6.07) is 8.63. The summed E-state index contributed by atoms with van der Waals surface area (Å²) in [6.45, 7) is 0. The highest BCUT2D eigenvalue weighted by atomic mass is 16.3. The number of aryl methyl sites for hydroxylation is 1. The smallest absolute Gasteiger partial charge is 0.240 e. The molecule has 1 amide bonds. The lowest BCUT2D eigenvalue weighted by Gasteiger charge is -2.04. The Morgan fingerprint density at radius 2 is 1.61 bits per heavy atom. The van der Waals surface area contributed by atoms with Crippen molar-refractivity contribution >= 4 is 12.1 Å². The van der Waals surface area contributed by atoms with E-state index in [0.717, 1.165) is 23.9 Å². The normalized spacial score (nSPS) is 10.8. The first-order valence-corrected chi connectivity index (χ1v) is 6.80. The van der Waals surface area contributed by atoms with Crippen molar-refractivity contribution in [3.63, 3.8) is 0 Å². The van der Waals surface area contributed by atoms with Gasteiger partial charge in [0.05, 0.1) is 11.8 Å². The highest BCUT2D eigenvalue weighted by Gasteiger charge is 2.07. The lowest BCUT2D eigenvalue weighted by atomic mass is 10.1. The molecule has 2 aromatic carbocycles. The van der Waals surface area contributed by atoms with Crippen molar-refractivity contribution in [2.45, 2.75) is 12.8 Å². The maximum atomic E-state index is 11.7. The Balaban J connectivity index is 1.88. The zero-order chi connectivity index (χ0) is 16.8. The van der Waals surface area contributed by atoms with Gasteiger partial charge in [0.1, 0.15) is 23.0 Å². The van der Waals surface area contributed by atoms with Crippen LogP contribution in [-0.4, -0.2) is 32.5 Å². The molecule has 7 heteroatoms. The van der Waals surface area contributed by atoms with Crippen LogP contribution in [0.3, 0.4) is 0 Å². The van der Waals surface area contributed by atoms with Gasteiger partial charge in [0.25, 0.3) is 0 Å². The van der Waals surface area contributed by atoms with Crippen LogP contribution in [0.25, 0.3) is 0 Å². The standard InChI is InChI=1S/C16H16N2O5/c19-11-4-1-10(2-5-11)3-6-16(23)18-17-9-13-14(21)7-12(20)8-15(13)22/h1-2,4-5,7-9,19-22H,3,6H2,(H,18,23)/b17-9+. The molecule has 5 N–H and O–H groups in total. The molecule has 0 heterocycles. The van der Waals surface area contributed by atoms with Gasteiger partial charge in [-0.25, -0.2) is 5.43 Å². The molecule has 2 aromatic rings. The summed E-state index contributed by atoms with van der Waals surface area (Å²) in [5, 5.41) is 41.1. The maximum absolute atomic E-state index is 11.7. The number of phenols is 4. The average molecular weight is 316 g/mol. The van der Waals surface area contributed by atoms with Gasteiger partial charge in [0, 0.05) is 18.6 Å². The quantitative estimate of drug-likeness (QED) is 0.423. The lowest BCUT2D eigenvalue weighted by Crippen LogP contribution is -2.17. The molecule has 2 rings (SSSR count). The predicted octanol–water partition coefficient (Wildman–Crippen LogP) is 1.59. The first-order valence-electron chi connectivity index (χ1n) is 6.80. The second-order valence-corrected chi connectivity index (χ2v) is 4.86. The van der Waals surface area contributed by atoms with Gasteiger partial charge in [-0.2, -0.15) is 5.10 Å². The maximum Gasteiger partial charge on any atom is 0.240 e. The van der Waals surface area contributed by atoms with E-state index in [0.29, 0.717) is 6.42 Å². The third kappa shape index (κ3) is 4.63. The Morgan fingerprint density at radius 1 is 1.00 bits per heavy atom. The van der Waals surface area contributed by atoms with Crippen molar-refractivity contribution in [3.8, 4) is 23.0 Å². The molecule has 0 radical (unpaired) electrons. The van der Waals surface area contributed by atoms with E-state index in [1.807, 2.05) is 0 Å². The number of hydrogen-bond acceptors (Lipinski definition) is 6. The third-order valence-electron chi connectivity index (χ3n) is 3.08. The number of rotatable bonds is 5. The van der Waals surface area contributed by atoms with Crippen LogP contribution in [0.4, 0.5) is 0 Å². The SMILES string of the molecule is O=C(CCc1ccc(O)cc1)N/N=C/c1c(O)cc(O)cc1O. The van der Waals surface area contributed by atoms with Crippen molar-refractivity contribution in [1.82, 2.24) is 5.43 Å². The Morgan fingerprint density at radius 3 is 2.22 bits per heavy atom. The molecule has 0 spiro atoms. The molecule has 0 aliphatic heterocycles. The predicted molar refractivity (Wildman–Crippen MR) is 83.6 cm³/mol. The van der Waals surface area contributed by atoms with Crippen LogP contribution in [0.5, 0.6) is 23.0 Å². The number of benzene rings is 2. The number of aromatic hydroxyl groups is 4.